The van der Waals surface area contributed by atoms with Crippen LogP contribution >= 0.6 is 0 Å². The molecule has 3 nitrogen and oxygen atoms in total. The van der Waals surface area contributed by atoms with Gasteiger partial charge in [-0.25, -0.2) is 8.78 Å². The summed E-state index contributed by atoms with van der Waals surface area (Å²) in [5.41, 5.74) is 0.361. The zero-order valence-electron chi connectivity index (χ0n) is 13.2. The number of amides is 1. The maximum atomic E-state index is 13.7. The zero-order chi connectivity index (χ0) is 16.1. The molecule has 0 unspecified atom stereocenters. The van der Waals surface area contributed by atoms with Crippen LogP contribution in [0.2, 0.25) is 0 Å². The third kappa shape index (κ3) is 4.50. The first kappa shape index (κ1) is 16.9. The van der Waals surface area contributed by atoms with E-state index < -0.39 is 11.6 Å². The Hall–Kier alpha value is -1.49. The lowest BCUT2D eigenvalue weighted by Crippen LogP contribution is -2.45. The number of benzene rings is 1. The van der Waals surface area contributed by atoms with Crippen molar-refractivity contribution >= 4 is 5.91 Å². The van der Waals surface area contributed by atoms with Crippen LogP contribution in [0.15, 0.2) is 18.2 Å². The minimum absolute atomic E-state index is 0.0758. The van der Waals surface area contributed by atoms with Gasteiger partial charge in [-0.15, -0.1) is 0 Å². The molecule has 0 aromatic heterocycles. The van der Waals surface area contributed by atoms with E-state index in [4.69, 9.17) is 0 Å². The Kier molecular flexibility index (Phi) is 5.89. The second kappa shape index (κ2) is 7.68. The van der Waals surface area contributed by atoms with Crippen molar-refractivity contribution < 1.29 is 13.6 Å². The number of hydrogen-bond acceptors (Lipinski definition) is 2. The third-order valence-electron chi connectivity index (χ3n) is 4.46. The predicted molar refractivity (Wildman–Crippen MR) is 82.3 cm³/mol. The lowest BCUT2D eigenvalue weighted by atomic mass is 9.86. The normalized spacial score (nSPS) is 23.1. The maximum Gasteiger partial charge on any atom is 0.234 e. The molecule has 1 aliphatic carbocycles. The van der Waals surface area contributed by atoms with E-state index in [1.165, 1.54) is 18.6 Å². The third-order valence-corrected chi connectivity index (χ3v) is 4.46. The van der Waals surface area contributed by atoms with Crippen molar-refractivity contribution in [3.05, 3.63) is 35.4 Å². The number of carbonyl (C=O) groups excluding carboxylic acids is 1. The summed E-state index contributed by atoms with van der Waals surface area (Å²) in [6, 6.07) is 3.37. The van der Waals surface area contributed by atoms with E-state index in [0.29, 0.717) is 11.5 Å². The molecule has 1 amide bonds. The molecule has 1 aromatic carbocycles. The van der Waals surface area contributed by atoms with E-state index in [1.54, 1.807) is 6.92 Å². The van der Waals surface area contributed by atoms with Crippen molar-refractivity contribution in [3.63, 3.8) is 0 Å². The van der Waals surface area contributed by atoms with Crippen molar-refractivity contribution in [2.45, 2.75) is 51.6 Å². The lowest BCUT2D eigenvalue weighted by molar-refractivity contribution is -0.121. The quantitative estimate of drug-likeness (QED) is 0.876. The molecular formula is C17H24F2N2O. The fraction of sp³-hybridized carbons (Fsp3) is 0.588. The van der Waals surface area contributed by atoms with Gasteiger partial charge in [0.2, 0.25) is 5.91 Å². The Morgan fingerprint density at radius 3 is 2.73 bits per heavy atom. The van der Waals surface area contributed by atoms with E-state index in [9.17, 15) is 13.6 Å². The topological polar surface area (TPSA) is 41.1 Å². The molecule has 0 aliphatic heterocycles. The number of nitrogens with one attached hydrogen (secondary N) is 2. The average Bonchev–Trinajstić information content (AvgIpc) is 2.47. The van der Waals surface area contributed by atoms with Crippen molar-refractivity contribution in [2.24, 2.45) is 5.92 Å². The standard InChI is InChI=1S/C17H24F2N2O/c1-11-5-3-4-6-16(11)21-17(22)10-20-12(2)14-8-7-13(18)9-15(14)19/h7-9,11-12,16,20H,3-6,10H2,1-2H3,(H,21,22)/t11-,12+,16-/m1/s1. The van der Waals surface area contributed by atoms with Crippen molar-refractivity contribution in [3.8, 4) is 0 Å². The second-order valence-corrected chi connectivity index (χ2v) is 6.20. The molecule has 1 fully saturated rings. The molecule has 0 radical (unpaired) electrons. The van der Waals surface area contributed by atoms with Gasteiger partial charge in [-0.05, 0) is 31.7 Å². The van der Waals surface area contributed by atoms with Gasteiger partial charge in [0.25, 0.3) is 0 Å². The maximum absolute atomic E-state index is 13.7. The van der Waals surface area contributed by atoms with Gasteiger partial charge in [-0.1, -0.05) is 25.8 Å². The predicted octanol–water partition coefficient (Wildman–Crippen LogP) is 3.31. The summed E-state index contributed by atoms with van der Waals surface area (Å²) in [5, 5.41) is 6.03. The van der Waals surface area contributed by atoms with Gasteiger partial charge < -0.3 is 10.6 Å². The molecule has 22 heavy (non-hydrogen) atoms. The van der Waals surface area contributed by atoms with Gasteiger partial charge in [-0.3, -0.25) is 4.79 Å². The van der Waals surface area contributed by atoms with Gasteiger partial charge in [0.05, 0.1) is 6.54 Å². The van der Waals surface area contributed by atoms with Crippen LogP contribution in [0, 0.1) is 17.6 Å². The van der Waals surface area contributed by atoms with E-state index in [1.807, 2.05) is 0 Å². The Bertz CT molecular complexity index is 521. The molecule has 0 bridgehead atoms. The Morgan fingerprint density at radius 2 is 2.05 bits per heavy atom. The summed E-state index contributed by atoms with van der Waals surface area (Å²) in [7, 11) is 0. The van der Waals surface area contributed by atoms with Crippen LogP contribution in [-0.4, -0.2) is 18.5 Å². The number of hydrogen-bond donors (Lipinski definition) is 2. The van der Waals surface area contributed by atoms with E-state index in [-0.39, 0.29) is 24.5 Å². The highest BCUT2D eigenvalue weighted by atomic mass is 19.1. The first-order valence-corrected chi connectivity index (χ1v) is 7.95. The number of rotatable bonds is 5. The van der Waals surface area contributed by atoms with Gasteiger partial charge in [0, 0.05) is 23.7 Å². The first-order chi connectivity index (χ1) is 10.5. The monoisotopic (exact) mass is 310 g/mol. The molecule has 2 N–H and O–H groups in total. The Labute approximate surface area is 130 Å². The summed E-state index contributed by atoms with van der Waals surface area (Å²) in [5.74, 6) is -0.767. The van der Waals surface area contributed by atoms with Gasteiger partial charge in [0.1, 0.15) is 11.6 Å². The Morgan fingerprint density at radius 1 is 1.32 bits per heavy atom. The number of carbonyl (C=O) groups is 1. The molecule has 1 aromatic rings. The van der Waals surface area contributed by atoms with Crippen molar-refractivity contribution in [1.29, 1.82) is 0 Å². The van der Waals surface area contributed by atoms with Gasteiger partial charge in [0.15, 0.2) is 0 Å². The molecular weight excluding hydrogens is 286 g/mol. The van der Waals surface area contributed by atoms with Crippen LogP contribution in [0.5, 0.6) is 0 Å². The summed E-state index contributed by atoms with van der Waals surface area (Å²) in [6.07, 6.45) is 4.55. The highest BCUT2D eigenvalue weighted by molar-refractivity contribution is 5.78. The Balaban J connectivity index is 1.82. The highest BCUT2D eigenvalue weighted by Crippen LogP contribution is 2.23. The number of halogens is 2. The fourth-order valence-corrected chi connectivity index (χ4v) is 3.00. The SMILES string of the molecule is C[C@H](NCC(=O)N[C@@H]1CCCC[C@H]1C)c1ccc(F)cc1F. The summed E-state index contributed by atoms with van der Waals surface area (Å²) in [4.78, 5) is 12.0. The van der Waals surface area contributed by atoms with Crippen LogP contribution in [0.3, 0.4) is 0 Å². The minimum Gasteiger partial charge on any atom is -0.352 e. The fourth-order valence-electron chi connectivity index (χ4n) is 3.00. The van der Waals surface area contributed by atoms with Crippen LogP contribution in [-0.2, 0) is 4.79 Å². The van der Waals surface area contributed by atoms with Crippen LogP contribution in [0.25, 0.3) is 0 Å². The first-order valence-electron chi connectivity index (χ1n) is 7.95. The van der Waals surface area contributed by atoms with Crippen LogP contribution in [0.4, 0.5) is 8.78 Å². The smallest absolute Gasteiger partial charge is 0.234 e. The zero-order valence-corrected chi connectivity index (χ0v) is 13.2. The van der Waals surface area contributed by atoms with Gasteiger partial charge in [-0.2, -0.15) is 0 Å². The molecule has 0 heterocycles. The van der Waals surface area contributed by atoms with Crippen LogP contribution in [0.1, 0.15) is 51.1 Å². The minimum atomic E-state index is -0.600. The lowest BCUT2D eigenvalue weighted by Gasteiger charge is -2.29. The summed E-state index contributed by atoms with van der Waals surface area (Å²) in [6.45, 7) is 4.04. The van der Waals surface area contributed by atoms with Crippen molar-refractivity contribution in [1.82, 2.24) is 10.6 Å². The molecule has 1 aliphatic rings. The molecule has 2 rings (SSSR count). The van der Waals surface area contributed by atoms with E-state index in [0.717, 1.165) is 25.3 Å². The van der Waals surface area contributed by atoms with Crippen LogP contribution < -0.4 is 10.6 Å². The van der Waals surface area contributed by atoms with E-state index in [2.05, 4.69) is 17.6 Å². The second-order valence-electron chi connectivity index (χ2n) is 6.20. The molecule has 3 atom stereocenters. The van der Waals surface area contributed by atoms with Gasteiger partial charge >= 0.3 is 0 Å². The molecule has 0 saturated heterocycles. The molecule has 5 heteroatoms. The average molecular weight is 310 g/mol. The molecule has 0 spiro atoms. The molecule has 1 saturated carbocycles. The summed E-state index contributed by atoms with van der Waals surface area (Å²) >= 11 is 0. The molecule has 122 valence electrons. The van der Waals surface area contributed by atoms with Crippen molar-refractivity contribution in [2.75, 3.05) is 6.54 Å². The largest absolute Gasteiger partial charge is 0.352 e. The summed E-state index contributed by atoms with van der Waals surface area (Å²) < 4.78 is 26.6. The highest BCUT2D eigenvalue weighted by Gasteiger charge is 2.22. The van der Waals surface area contributed by atoms with E-state index >= 15 is 0 Å².